The third kappa shape index (κ3) is 2.33. The molecule has 2 aromatic carbocycles. The number of nitrogens with zero attached hydrogens (tertiary/aromatic N) is 4. The Morgan fingerprint density at radius 1 is 0.769 bits per heavy atom. The molecule has 3 heterocycles. The number of fused-ring (bicyclic) bond motifs is 3. The zero-order chi connectivity index (χ0) is 17.5. The van der Waals surface area contributed by atoms with Gasteiger partial charge in [0.2, 0.25) is 0 Å². The van der Waals surface area contributed by atoms with Crippen LogP contribution in [-0.4, -0.2) is 19.9 Å². The van der Waals surface area contributed by atoms with E-state index >= 15 is 0 Å². The highest BCUT2D eigenvalue weighted by Crippen LogP contribution is 2.35. The monoisotopic (exact) mass is 338 g/mol. The molecule has 0 N–H and O–H groups in total. The number of aromatic nitrogens is 4. The molecule has 0 saturated carbocycles. The highest BCUT2D eigenvalue weighted by Gasteiger charge is 2.15. The van der Waals surface area contributed by atoms with Gasteiger partial charge in [0.15, 0.2) is 11.6 Å². The molecule has 0 atom stereocenters. The molecule has 0 spiro atoms. The molecule has 0 saturated heterocycles. The maximum Gasteiger partial charge on any atom is 0.165 e. The third-order valence-electron chi connectivity index (χ3n) is 4.31. The summed E-state index contributed by atoms with van der Waals surface area (Å²) < 4.78 is 5.98. The molecule has 0 amide bonds. The zero-order valence-electron chi connectivity index (χ0n) is 14.0. The highest BCUT2D eigenvalue weighted by molar-refractivity contribution is 6.11. The topological polar surface area (TPSA) is 64.7 Å². The maximum absolute atomic E-state index is 5.98. The van der Waals surface area contributed by atoms with Crippen LogP contribution >= 0.6 is 0 Å². The van der Waals surface area contributed by atoms with Crippen molar-refractivity contribution in [3.8, 4) is 22.8 Å². The van der Waals surface area contributed by atoms with E-state index in [1.807, 2.05) is 55.5 Å². The minimum absolute atomic E-state index is 0.616. The summed E-state index contributed by atoms with van der Waals surface area (Å²) >= 11 is 0. The SMILES string of the molecule is Cc1nc(-c2cccnc2)nc(-c2cccc3oc4ccccc4c23)n1. The van der Waals surface area contributed by atoms with Crippen LogP contribution < -0.4 is 0 Å². The van der Waals surface area contributed by atoms with Crippen LogP contribution in [0.3, 0.4) is 0 Å². The van der Waals surface area contributed by atoms with E-state index in [4.69, 9.17) is 9.40 Å². The summed E-state index contributed by atoms with van der Waals surface area (Å²) in [6.07, 6.45) is 3.49. The van der Waals surface area contributed by atoms with Crippen molar-refractivity contribution in [3.05, 3.63) is 72.8 Å². The van der Waals surface area contributed by atoms with Crippen LogP contribution in [0.4, 0.5) is 0 Å². The number of furan rings is 1. The minimum atomic E-state index is 0.616. The minimum Gasteiger partial charge on any atom is -0.456 e. The average Bonchev–Trinajstić information content (AvgIpc) is 3.07. The Balaban J connectivity index is 1.80. The molecule has 0 bridgehead atoms. The average molecular weight is 338 g/mol. The molecule has 5 nitrogen and oxygen atoms in total. The van der Waals surface area contributed by atoms with Crippen molar-refractivity contribution in [2.45, 2.75) is 6.92 Å². The van der Waals surface area contributed by atoms with E-state index < -0.39 is 0 Å². The van der Waals surface area contributed by atoms with Gasteiger partial charge in [-0.25, -0.2) is 15.0 Å². The van der Waals surface area contributed by atoms with Crippen molar-refractivity contribution in [1.29, 1.82) is 0 Å². The van der Waals surface area contributed by atoms with Gasteiger partial charge in [-0.2, -0.15) is 0 Å². The molecule has 5 heteroatoms. The van der Waals surface area contributed by atoms with Crippen LogP contribution in [0.1, 0.15) is 5.82 Å². The normalized spacial score (nSPS) is 11.3. The van der Waals surface area contributed by atoms with Gasteiger partial charge >= 0.3 is 0 Å². The summed E-state index contributed by atoms with van der Waals surface area (Å²) in [4.78, 5) is 17.9. The first-order valence-corrected chi connectivity index (χ1v) is 8.33. The van der Waals surface area contributed by atoms with E-state index in [-0.39, 0.29) is 0 Å². The van der Waals surface area contributed by atoms with Gasteiger partial charge in [0.1, 0.15) is 17.0 Å². The Morgan fingerprint density at radius 3 is 2.50 bits per heavy atom. The first kappa shape index (κ1) is 14.7. The van der Waals surface area contributed by atoms with Gasteiger partial charge in [0.25, 0.3) is 0 Å². The van der Waals surface area contributed by atoms with E-state index in [1.54, 1.807) is 12.4 Å². The second-order valence-corrected chi connectivity index (χ2v) is 6.05. The molecule has 0 fully saturated rings. The first-order valence-electron chi connectivity index (χ1n) is 8.33. The molecule has 0 radical (unpaired) electrons. The van der Waals surface area contributed by atoms with Gasteiger partial charge < -0.3 is 4.42 Å². The summed E-state index contributed by atoms with van der Waals surface area (Å²) in [5, 5.41) is 2.07. The van der Waals surface area contributed by atoms with Gasteiger partial charge in [-0.05, 0) is 31.2 Å². The molecule has 5 rings (SSSR count). The van der Waals surface area contributed by atoms with Gasteiger partial charge in [-0.3, -0.25) is 4.98 Å². The molecule has 26 heavy (non-hydrogen) atoms. The van der Waals surface area contributed by atoms with Crippen molar-refractivity contribution < 1.29 is 4.42 Å². The summed E-state index contributed by atoms with van der Waals surface area (Å²) in [5.41, 5.74) is 3.48. The number of pyridine rings is 1. The lowest BCUT2D eigenvalue weighted by atomic mass is 10.1. The summed E-state index contributed by atoms with van der Waals surface area (Å²) in [6.45, 7) is 1.87. The van der Waals surface area contributed by atoms with Crippen molar-refractivity contribution in [1.82, 2.24) is 19.9 Å². The Labute approximate surface area is 149 Å². The lowest BCUT2D eigenvalue weighted by Crippen LogP contribution is -1.99. The Morgan fingerprint density at radius 2 is 1.62 bits per heavy atom. The number of para-hydroxylation sites is 1. The molecule has 0 aliphatic heterocycles. The number of aryl methyl sites for hydroxylation is 1. The fourth-order valence-electron chi connectivity index (χ4n) is 3.19. The Hall–Kier alpha value is -3.60. The predicted molar refractivity (Wildman–Crippen MR) is 101 cm³/mol. The molecular formula is C21H14N4O. The zero-order valence-corrected chi connectivity index (χ0v) is 14.0. The Bertz CT molecular complexity index is 1250. The molecule has 0 aliphatic carbocycles. The van der Waals surface area contributed by atoms with E-state index in [0.717, 1.165) is 33.1 Å². The standard InChI is InChI=1S/C21H14N4O/c1-13-23-20(14-6-5-11-22-12-14)25-21(24-13)16-8-4-10-18-19(16)15-7-2-3-9-17(15)26-18/h2-12H,1H3. The quantitative estimate of drug-likeness (QED) is 0.462. The van der Waals surface area contributed by atoms with E-state index in [1.165, 1.54) is 0 Å². The summed E-state index contributed by atoms with van der Waals surface area (Å²) in [5.74, 6) is 1.91. The molecule has 124 valence electrons. The lowest BCUT2D eigenvalue weighted by Gasteiger charge is -2.06. The van der Waals surface area contributed by atoms with E-state index in [2.05, 4.69) is 21.0 Å². The predicted octanol–water partition coefficient (Wildman–Crippen LogP) is 4.81. The van der Waals surface area contributed by atoms with E-state index in [9.17, 15) is 0 Å². The Kier molecular flexibility index (Phi) is 3.25. The fraction of sp³-hybridized carbons (Fsp3) is 0.0476. The molecule has 3 aromatic heterocycles. The molecule has 0 aliphatic rings. The molecular weight excluding hydrogens is 324 g/mol. The van der Waals surface area contributed by atoms with Crippen molar-refractivity contribution in [2.75, 3.05) is 0 Å². The van der Waals surface area contributed by atoms with E-state index in [0.29, 0.717) is 17.5 Å². The van der Waals surface area contributed by atoms with Crippen molar-refractivity contribution in [3.63, 3.8) is 0 Å². The number of benzene rings is 2. The summed E-state index contributed by atoms with van der Waals surface area (Å²) in [7, 11) is 0. The fourth-order valence-corrected chi connectivity index (χ4v) is 3.19. The van der Waals surface area contributed by atoms with Crippen molar-refractivity contribution >= 4 is 21.9 Å². The van der Waals surface area contributed by atoms with Crippen LogP contribution in [0, 0.1) is 6.92 Å². The van der Waals surface area contributed by atoms with Gasteiger partial charge in [0.05, 0.1) is 0 Å². The smallest absolute Gasteiger partial charge is 0.165 e. The van der Waals surface area contributed by atoms with Crippen LogP contribution in [-0.2, 0) is 0 Å². The molecule has 5 aromatic rings. The lowest BCUT2D eigenvalue weighted by molar-refractivity contribution is 0.669. The second kappa shape index (κ2) is 5.74. The van der Waals surface area contributed by atoms with Crippen LogP contribution in [0.25, 0.3) is 44.7 Å². The van der Waals surface area contributed by atoms with Crippen LogP contribution in [0.5, 0.6) is 0 Å². The number of rotatable bonds is 2. The third-order valence-corrected chi connectivity index (χ3v) is 4.31. The first-order chi connectivity index (χ1) is 12.8. The second-order valence-electron chi connectivity index (χ2n) is 6.05. The number of hydrogen-bond donors (Lipinski definition) is 0. The molecule has 0 unspecified atom stereocenters. The number of hydrogen-bond acceptors (Lipinski definition) is 5. The van der Waals surface area contributed by atoms with Gasteiger partial charge in [-0.15, -0.1) is 0 Å². The van der Waals surface area contributed by atoms with Gasteiger partial charge in [0, 0.05) is 34.3 Å². The van der Waals surface area contributed by atoms with Gasteiger partial charge in [-0.1, -0.05) is 30.3 Å². The van der Waals surface area contributed by atoms with Crippen LogP contribution in [0.15, 0.2) is 71.4 Å². The largest absolute Gasteiger partial charge is 0.456 e. The van der Waals surface area contributed by atoms with Crippen molar-refractivity contribution in [2.24, 2.45) is 0 Å². The summed E-state index contributed by atoms with van der Waals surface area (Å²) in [6, 6.07) is 17.8. The maximum atomic E-state index is 5.98. The highest BCUT2D eigenvalue weighted by atomic mass is 16.3. The van der Waals surface area contributed by atoms with Crippen LogP contribution in [0.2, 0.25) is 0 Å².